The van der Waals surface area contributed by atoms with Crippen molar-refractivity contribution in [3.05, 3.63) is 34.8 Å². The van der Waals surface area contributed by atoms with Gasteiger partial charge in [-0.05, 0) is 43.4 Å². The van der Waals surface area contributed by atoms with Crippen LogP contribution in [0.1, 0.15) is 36.4 Å². The molecule has 29 heavy (non-hydrogen) atoms. The van der Waals surface area contributed by atoms with Crippen molar-refractivity contribution in [3.63, 3.8) is 0 Å². The summed E-state index contributed by atoms with van der Waals surface area (Å²) < 4.78 is 11.4. The number of likely N-dealkylation sites (tertiary alicyclic amines) is 1. The quantitative estimate of drug-likeness (QED) is 0.716. The molecule has 8 heteroatoms. The number of hydrogen-bond acceptors (Lipinski definition) is 6. The first-order valence-corrected chi connectivity index (χ1v) is 10.7. The maximum Gasteiger partial charge on any atom is 0.245 e. The van der Waals surface area contributed by atoms with E-state index in [2.05, 4.69) is 10.3 Å². The average molecular weight is 416 g/mol. The molecular weight excluding hydrogens is 390 g/mol. The second-order valence-electron chi connectivity index (χ2n) is 7.68. The largest absolute Gasteiger partial charge is 0.493 e. The van der Waals surface area contributed by atoms with E-state index >= 15 is 0 Å². The fourth-order valence-corrected chi connectivity index (χ4v) is 4.15. The van der Waals surface area contributed by atoms with Crippen molar-refractivity contribution in [1.82, 2.24) is 9.88 Å². The number of rotatable bonds is 8. The van der Waals surface area contributed by atoms with Crippen LogP contribution in [-0.4, -0.2) is 48.5 Å². The van der Waals surface area contributed by atoms with E-state index in [9.17, 15) is 9.59 Å². The lowest BCUT2D eigenvalue weighted by Gasteiger charge is -2.17. The van der Waals surface area contributed by atoms with Crippen molar-refractivity contribution in [1.29, 1.82) is 0 Å². The van der Waals surface area contributed by atoms with Crippen LogP contribution in [0.4, 0.5) is 5.13 Å². The van der Waals surface area contributed by atoms with Crippen molar-refractivity contribution < 1.29 is 19.1 Å². The Labute approximate surface area is 174 Å². The Morgan fingerprint density at radius 3 is 2.86 bits per heavy atom. The first kappa shape index (κ1) is 19.7. The Kier molecular flexibility index (Phi) is 5.71. The Morgan fingerprint density at radius 2 is 2.17 bits per heavy atom. The zero-order valence-electron chi connectivity index (χ0n) is 16.6. The standard InChI is InChI=1S/C21H25N3O4S/c1-13-12-29-21(22-13)23-19(25)10-24-9-16(8-20(24)26)15-5-6-17(27-2)18(7-15)28-11-14-3-4-14/h5-7,12,14,16H,3-4,8-11H2,1-2H3,(H,22,23,25)/t16-/m0/s1. The number of amides is 2. The van der Waals surface area contributed by atoms with Gasteiger partial charge in [-0.25, -0.2) is 4.98 Å². The Morgan fingerprint density at radius 1 is 1.34 bits per heavy atom. The van der Waals surface area contributed by atoms with Gasteiger partial charge in [-0.3, -0.25) is 9.59 Å². The van der Waals surface area contributed by atoms with Crippen molar-refractivity contribution >= 4 is 28.3 Å². The Bertz CT molecular complexity index is 909. The van der Waals surface area contributed by atoms with Gasteiger partial charge in [0.25, 0.3) is 0 Å². The molecule has 0 radical (unpaired) electrons. The highest BCUT2D eigenvalue weighted by molar-refractivity contribution is 7.13. The van der Waals surface area contributed by atoms with Gasteiger partial charge in [0.05, 0.1) is 26.0 Å². The molecule has 2 aromatic rings. The highest BCUT2D eigenvalue weighted by Crippen LogP contribution is 2.37. The summed E-state index contributed by atoms with van der Waals surface area (Å²) in [6.07, 6.45) is 2.82. The van der Waals surface area contributed by atoms with Crippen molar-refractivity contribution in [2.45, 2.75) is 32.1 Å². The highest BCUT2D eigenvalue weighted by atomic mass is 32.1. The van der Waals surface area contributed by atoms with Crippen LogP contribution in [0.15, 0.2) is 23.6 Å². The van der Waals surface area contributed by atoms with E-state index in [1.165, 1.54) is 24.2 Å². The lowest BCUT2D eigenvalue weighted by atomic mass is 9.98. The van der Waals surface area contributed by atoms with Crippen LogP contribution in [-0.2, 0) is 9.59 Å². The zero-order chi connectivity index (χ0) is 20.4. The molecule has 4 rings (SSSR count). The summed E-state index contributed by atoms with van der Waals surface area (Å²) in [6.45, 7) is 3.12. The molecule has 7 nitrogen and oxygen atoms in total. The number of aromatic nitrogens is 1. The molecule has 1 aliphatic heterocycles. The summed E-state index contributed by atoms with van der Waals surface area (Å²) in [6, 6.07) is 5.84. The summed E-state index contributed by atoms with van der Waals surface area (Å²) in [5.74, 6) is 1.86. The fourth-order valence-electron chi connectivity index (χ4n) is 3.44. The molecule has 1 saturated carbocycles. The van der Waals surface area contributed by atoms with Crippen LogP contribution in [0.2, 0.25) is 0 Å². The van der Waals surface area contributed by atoms with Crippen LogP contribution in [0.3, 0.4) is 0 Å². The van der Waals surface area contributed by atoms with Gasteiger partial charge < -0.3 is 19.7 Å². The normalized spacial score (nSPS) is 18.8. The van der Waals surface area contributed by atoms with Gasteiger partial charge in [-0.15, -0.1) is 11.3 Å². The molecule has 2 heterocycles. The van der Waals surface area contributed by atoms with Crippen LogP contribution < -0.4 is 14.8 Å². The molecule has 1 aliphatic carbocycles. The van der Waals surface area contributed by atoms with E-state index in [1.807, 2.05) is 30.5 Å². The van der Waals surface area contributed by atoms with Gasteiger partial charge >= 0.3 is 0 Å². The molecule has 154 valence electrons. The Balaban J connectivity index is 1.38. The number of carbonyl (C=O) groups is 2. The summed E-state index contributed by atoms with van der Waals surface area (Å²) >= 11 is 1.38. The van der Waals surface area contributed by atoms with Gasteiger partial charge in [0.15, 0.2) is 16.6 Å². The predicted molar refractivity (Wildman–Crippen MR) is 111 cm³/mol. The first-order chi connectivity index (χ1) is 14.0. The molecule has 1 aromatic carbocycles. The lowest BCUT2D eigenvalue weighted by Crippen LogP contribution is -2.34. The van der Waals surface area contributed by atoms with Crippen molar-refractivity contribution in [3.8, 4) is 11.5 Å². The number of thiazole rings is 1. The maximum absolute atomic E-state index is 12.5. The van der Waals surface area contributed by atoms with Gasteiger partial charge in [-0.2, -0.15) is 0 Å². The SMILES string of the molecule is COc1ccc([C@H]2CC(=O)N(CC(=O)Nc3nc(C)cs3)C2)cc1OCC1CC1. The molecule has 1 saturated heterocycles. The van der Waals surface area contributed by atoms with Crippen LogP contribution in [0.5, 0.6) is 11.5 Å². The highest BCUT2D eigenvalue weighted by Gasteiger charge is 2.32. The number of methoxy groups -OCH3 is 1. The van der Waals surface area contributed by atoms with Crippen LogP contribution in [0, 0.1) is 12.8 Å². The fraction of sp³-hybridized carbons (Fsp3) is 0.476. The summed E-state index contributed by atoms with van der Waals surface area (Å²) in [5.41, 5.74) is 1.89. The van der Waals surface area contributed by atoms with Crippen LogP contribution in [0.25, 0.3) is 0 Å². The van der Waals surface area contributed by atoms with E-state index in [1.54, 1.807) is 12.0 Å². The second-order valence-corrected chi connectivity index (χ2v) is 8.54. The lowest BCUT2D eigenvalue weighted by molar-refractivity contribution is -0.131. The zero-order valence-corrected chi connectivity index (χ0v) is 17.5. The minimum atomic E-state index is -0.225. The third kappa shape index (κ3) is 4.87. The molecule has 2 aliphatic rings. The van der Waals surface area contributed by atoms with Crippen molar-refractivity contribution in [2.24, 2.45) is 5.92 Å². The second kappa shape index (κ2) is 8.41. The molecule has 2 fully saturated rings. The molecular formula is C21H25N3O4S. The third-order valence-corrected chi connectivity index (χ3v) is 6.12. The van der Waals surface area contributed by atoms with E-state index in [4.69, 9.17) is 9.47 Å². The van der Waals surface area contributed by atoms with E-state index in [0.29, 0.717) is 36.4 Å². The molecule has 0 bridgehead atoms. The van der Waals surface area contributed by atoms with E-state index in [0.717, 1.165) is 17.0 Å². The minimum Gasteiger partial charge on any atom is -0.493 e. The monoisotopic (exact) mass is 415 g/mol. The number of anilines is 1. The van der Waals surface area contributed by atoms with Gasteiger partial charge in [0.2, 0.25) is 11.8 Å². The van der Waals surface area contributed by atoms with E-state index in [-0.39, 0.29) is 24.3 Å². The topological polar surface area (TPSA) is 80.8 Å². The molecule has 1 aromatic heterocycles. The molecule has 1 atom stereocenters. The van der Waals surface area contributed by atoms with E-state index < -0.39 is 0 Å². The molecule has 1 N–H and O–H groups in total. The number of hydrogen-bond donors (Lipinski definition) is 1. The number of carbonyl (C=O) groups excluding carboxylic acids is 2. The summed E-state index contributed by atoms with van der Waals surface area (Å²) in [5, 5.41) is 5.19. The molecule has 0 spiro atoms. The summed E-state index contributed by atoms with van der Waals surface area (Å²) in [7, 11) is 1.63. The molecule has 0 unspecified atom stereocenters. The van der Waals surface area contributed by atoms with Gasteiger partial charge in [-0.1, -0.05) is 6.07 Å². The first-order valence-electron chi connectivity index (χ1n) is 9.82. The average Bonchev–Trinajstić information content (AvgIpc) is 3.35. The smallest absolute Gasteiger partial charge is 0.245 e. The van der Waals surface area contributed by atoms with Crippen molar-refractivity contribution in [2.75, 3.05) is 32.1 Å². The predicted octanol–water partition coefficient (Wildman–Crippen LogP) is 3.20. The Hall–Kier alpha value is -2.61. The number of nitrogens with zero attached hydrogens (tertiary/aromatic N) is 2. The van der Waals surface area contributed by atoms with Crippen LogP contribution >= 0.6 is 11.3 Å². The third-order valence-electron chi connectivity index (χ3n) is 5.24. The minimum absolute atomic E-state index is 0.0169. The summed E-state index contributed by atoms with van der Waals surface area (Å²) in [4.78, 5) is 30.6. The van der Waals surface area contributed by atoms with Gasteiger partial charge in [0.1, 0.15) is 0 Å². The number of aryl methyl sites for hydroxylation is 1. The number of benzene rings is 1. The van der Waals surface area contributed by atoms with Gasteiger partial charge in [0, 0.05) is 24.3 Å². The molecule has 2 amide bonds. The number of nitrogens with one attached hydrogen (secondary N) is 1. The number of ether oxygens (including phenoxy) is 2. The maximum atomic E-state index is 12.5.